The molecule has 2 aromatic carbocycles. The van der Waals surface area contributed by atoms with Crippen molar-refractivity contribution in [3.05, 3.63) is 66.4 Å². The summed E-state index contributed by atoms with van der Waals surface area (Å²) >= 11 is 0. The topological polar surface area (TPSA) is 54.5 Å². The molecule has 26 heavy (non-hydrogen) atoms. The molecule has 0 bridgehead atoms. The van der Waals surface area contributed by atoms with E-state index in [-0.39, 0.29) is 11.8 Å². The van der Waals surface area contributed by atoms with Gasteiger partial charge < -0.3 is 15.0 Å². The van der Waals surface area contributed by atoms with E-state index < -0.39 is 6.61 Å². The second kappa shape index (κ2) is 7.77. The van der Waals surface area contributed by atoms with Crippen LogP contribution in [0, 0.1) is 0 Å². The second-order valence-corrected chi connectivity index (χ2v) is 5.69. The van der Waals surface area contributed by atoms with Crippen LogP contribution in [0.3, 0.4) is 0 Å². The molecule has 3 rings (SSSR count). The average molecular weight is 357 g/mol. The number of carbonyl (C=O) groups is 1. The number of nitrogens with one attached hydrogen (secondary N) is 1. The van der Waals surface area contributed by atoms with Crippen molar-refractivity contribution in [1.82, 2.24) is 9.88 Å². The Morgan fingerprint density at radius 3 is 2.62 bits per heavy atom. The van der Waals surface area contributed by atoms with Gasteiger partial charge in [0.05, 0.1) is 11.2 Å². The van der Waals surface area contributed by atoms with Gasteiger partial charge in [0.25, 0.3) is 0 Å². The molecule has 134 valence electrons. The molecule has 0 saturated heterocycles. The van der Waals surface area contributed by atoms with Crippen LogP contribution >= 0.6 is 0 Å². The van der Waals surface area contributed by atoms with Crippen LogP contribution in [0.1, 0.15) is 5.56 Å². The van der Waals surface area contributed by atoms with Crippen LogP contribution in [0.4, 0.5) is 19.3 Å². The van der Waals surface area contributed by atoms with Gasteiger partial charge in [0.15, 0.2) is 0 Å². The Morgan fingerprint density at radius 1 is 1.15 bits per heavy atom. The summed E-state index contributed by atoms with van der Waals surface area (Å²) in [6.45, 7) is -2.54. The molecule has 1 aromatic heterocycles. The fourth-order valence-corrected chi connectivity index (χ4v) is 2.54. The molecule has 1 N–H and O–H groups in total. The summed E-state index contributed by atoms with van der Waals surface area (Å²) in [7, 11) is 1.65. The first-order valence-corrected chi connectivity index (χ1v) is 7.92. The molecule has 0 unspecified atom stereocenters. The van der Waals surface area contributed by atoms with Crippen molar-refractivity contribution >= 4 is 22.6 Å². The maximum absolute atomic E-state index is 12.4. The highest BCUT2D eigenvalue weighted by Gasteiger charge is 2.12. The summed E-state index contributed by atoms with van der Waals surface area (Å²) in [6, 6.07) is 15.2. The molecular formula is C19H17F2N3O2. The van der Waals surface area contributed by atoms with Crippen molar-refractivity contribution in [3.63, 3.8) is 0 Å². The first-order chi connectivity index (χ1) is 12.5. The number of carbonyl (C=O) groups excluding carboxylic acids is 1. The standard InChI is InChI=1S/C19H17F2N3O2/c1-24(12-13-7-9-15(10-8-13)26-18(20)21)19(25)23-16-6-2-4-14-5-3-11-22-17(14)16/h2-11,18H,12H2,1H3,(H,23,25). The fourth-order valence-electron chi connectivity index (χ4n) is 2.54. The number of fused-ring (bicyclic) bond motifs is 1. The number of urea groups is 1. The fraction of sp³-hybridized carbons (Fsp3) is 0.158. The van der Waals surface area contributed by atoms with Crippen LogP contribution in [0.15, 0.2) is 60.8 Å². The van der Waals surface area contributed by atoms with Crippen molar-refractivity contribution in [2.45, 2.75) is 13.2 Å². The van der Waals surface area contributed by atoms with Gasteiger partial charge in [-0.2, -0.15) is 8.78 Å². The first kappa shape index (κ1) is 17.6. The van der Waals surface area contributed by atoms with Crippen LogP contribution in [0.2, 0.25) is 0 Å². The summed E-state index contributed by atoms with van der Waals surface area (Å²) in [6.07, 6.45) is 1.67. The number of rotatable bonds is 5. The number of pyridine rings is 1. The van der Waals surface area contributed by atoms with Crippen molar-refractivity contribution in [2.75, 3.05) is 12.4 Å². The average Bonchev–Trinajstić information content (AvgIpc) is 2.63. The van der Waals surface area contributed by atoms with E-state index in [0.717, 1.165) is 10.9 Å². The number of anilines is 1. The highest BCUT2D eigenvalue weighted by atomic mass is 19.3. The van der Waals surface area contributed by atoms with E-state index in [1.54, 1.807) is 31.4 Å². The van der Waals surface area contributed by atoms with Crippen molar-refractivity contribution in [2.24, 2.45) is 0 Å². The maximum Gasteiger partial charge on any atom is 0.387 e. The molecule has 0 radical (unpaired) electrons. The zero-order valence-corrected chi connectivity index (χ0v) is 14.0. The van der Waals surface area contributed by atoms with E-state index in [2.05, 4.69) is 15.0 Å². The Hall–Kier alpha value is -3.22. The largest absolute Gasteiger partial charge is 0.435 e. The molecular weight excluding hydrogens is 340 g/mol. The lowest BCUT2D eigenvalue weighted by Gasteiger charge is -2.19. The molecule has 0 aliphatic heterocycles. The van der Waals surface area contributed by atoms with E-state index in [9.17, 15) is 13.6 Å². The number of para-hydroxylation sites is 1. The molecule has 0 fully saturated rings. The summed E-state index contributed by atoms with van der Waals surface area (Å²) < 4.78 is 28.6. The molecule has 5 nitrogen and oxygen atoms in total. The summed E-state index contributed by atoms with van der Waals surface area (Å²) in [4.78, 5) is 18.2. The monoisotopic (exact) mass is 357 g/mol. The first-order valence-electron chi connectivity index (χ1n) is 7.92. The minimum absolute atomic E-state index is 0.0812. The van der Waals surface area contributed by atoms with Gasteiger partial charge in [0, 0.05) is 25.2 Å². The highest BCUT2D eigenvalue weighted by molar-refractivity contribution is 5.99. The van der Waals surface area contributed by atoms with Crippen molar-refractivity contribution < 1.29 is 18.3 Å². The number of nitrogens with zero attached hydrogens (tertiary/aromatic N) is 2. The lowest BCUT2D eigenvalue weighted by molar-refractivity contribution is -0.0498. The molecule has 0 aliphatic carbocycles. The SMILES string of the molecule is CN(Cc1ccc(OC(F)F)cc1)C(=O)Nc1cccc2cccnc12. The van der Waals surface area contributed by atoms with E-state index >= 15 is 0 Å². The Morgan fingerprint density at radius 2 is 1.88 bits per heavy atom. The molecule has 0 saturated carbocycles. The third-order valence-corrected chi connectivity index (χ3v) is 3.79. The highest BCUT2D eigenvalue weighted by Crippen LogP contribution is 2.21. The number of benzene rings is 2. The number of ether oxygens (including phenoxy) is 1. The number of aromatic nitrogens is 1. The molecule has 7 heteroatoms. The molecule has 0 aliphatic rings. The lowest BCUT2D eigenvalue weighted by atomic mass is 10.2. The summed E-state index contributed by atoms with van der Waals surface area (Å²) in [5, 5.41) is 3.78. The summed E-state index contributed by atoms with van der Waals surface area (Å²) in [5.41, 5.74) is 2.13. The van der Waals surface area contributed by atoms with Gasteiger partial charge in [0.2, 0.25) is 0 Å². The van der Waals surface area contributed by atoms with Crippen LogP contribution in [0.25, 0.3) is 10.9 Å². The van der Waals surface area contributed by atoms with Crippen molar-refractivity contribution in [3.8, 4) is 5.75 Å². The van der Waals surface area contributed by atoms with E-state index in [1.807, 2.05) is 24.3 Å². The van der Waals surface area contributed by atoms with Gasteiger partial charge in [0.1, 0.15) is 5.75 Å². The Kier molecular flexibility index (Phi) is 5.26. The lowest BCUT2D eigenvalue weighted by Crippen LogP contribution is -2.30. The van der Waals surface area contributed by atoms with E-state index in [1.165, 1.54) is 17.0 Å². The number of halogens is 2. The second-order valence-electron chi connectivity index (χ2n) is 5.69. The predicted octanol–water partition coefficient (Wildman–Crippen LogP) is 4.50. The quantitative estimate of drug-likeness (QED) is 0.731. The Balaban J connectivity index is 1.66. The van der Waals surface area contributed by atoms with Gasteiger partial charge in [-0.05, 0) is 29.8 Å². The Labute approximate surface area is 149 Å². The third-order valence-electron chi connectivity index (χ3n) is 3.79. The van der Waals surface area contributed by atoms with Gasteiger partial charge in [-0.25, -0.2) is 4.79 Å². The van der Waals surface area contributed by atoms with Crippen molar-refractivity contribution in [1.29, 1.82) is 0 Å². The third kappa shape index (κ3) is 4.24. The smallest absolute Gasteiger partial charge is 0.387 e. The molecule has 1 heterocycles. The van der Waals surface area contributed by atoms with Gasteiger partial charge >= 0.3 is 12.6 Å². The number of hydrogen-bond donors (Lipinski definition) is 1. The zero-order valence-electron chi connectivity index (χ0n) is 14.0. The molecule has 0 atom stereocenters. The minimum Gasteiger partial charge on any atom is -0.435 e. The van der Waals surface area contributed by atoms with E-state index in [4.69, 9.17) is 0 Å². The molecule has 2 amide bonds. The van der Waals surface area contributed by atoms with E-state index in [0.29, 0.717) is 17.7 Å². The predicted molar refractivity (Wildman–Crippen MR) is 95.3 cm³/mol. The van der Waals surface area contributed by atoms with Gasteiger partial charge in [-0.3, -0.25) is 4.98 Å². The zero-order chi connectivity index (χ0) is 18.5. The van der Waals surface area contributed by atoms with Crippen LogP contribution in [-0.2, 0) is 6.54 Å². The minimum atomic E-state index is -2.86. The maximum atomic E-state index is 12.4. The van der Waals surface area contributed by atoms with Crippen LogP contribution in [-0.4, -0.2) is 29.6 Å². The molecule has 0 spiro atoms. The molecule has 3 aromatic rings. The summed E-state index contributed by atoms with van der Waals surface area (Å²) in [5.74, 6) is 0.0812. The normalized spacial score (nSPS) is 10.8. The Bertz CT molecular complexity index is 895. The van der Waals surface area contributed by atoms with Gasteiger partial charge in [-0.1, -0.05) is 30.3 Å². The van der Waals surface area contributed by atoms with Crippen LogP contribution in [0.5, 0.6) is 5.75 Å². The number of amides is 2. The van der Waals surface area contributed by atoms with Gasteiger partial charge in [-0.15, -0.1) is 0 Å². The van der Waals surface area contributed by atoms with Crippen LogP contribution < -0.4 is 10.1 Å². The number of alkyl halides is 2. The number of hydrogen-bond acceptors (Lipinski definition) is 3.